The lowest BCUT2D eigenvalue weighted by Gasteiger charge is -2.29. The van der Waals surface area contributed by atoms with Crippen molar-refractivity contribution in [2.24, 2.45) is 0 Å². The number of hydrogen-bond donors (Lipinski definition) is 0. The molecule has 6 heteroatoms. The molecule has 0 N–H and O–H groups in total. The number of rotatable bonds is 3. The summed E-state index contributed by atoms with van der Waals surface area (Å²) in [6.07, 6.45) is 0. The molecular formula is C16H19N3O2S. The number of likely N-dealkylation sites (N-methyl/N-ethyl adjacent to an activating group) is 1. The lowest BCUT2D eigenvalue weighted by atomic mass is 10.1. The highest BCUT2D eigenvalue weighted by atomic mass is 32.2. The van der Waals surface area contributed by atoms with E-state index in [2.05, 4.69) is 0 Å². The first-order valence-electron chi connectivity index (χ1n) is 7.11. The summed E-state index contributed by atoms with van der Waals surface area (Å²) < 4.78 is 0. The van der Waals surface area contributed by atoms with Gasteiger partial charge in [-0.1, -0.05) is 6.07 Å². The normalized spacial score (nSPS) is 17.4. The third-order valence-corrected chi connectivity index (χ3v) is 4.80. The number of hydrogen-bond acceptors (Lipinski definition) is 4. The van der Waals surface area contributed by atoms with E-state index >= 15 is 0 Å². The molecule has 1 aromatic rings. The van der Waals surface area contributed by atoms with Crippen molar-refractivity contribution in [3.05, 3.63) is 35.4 Å². The topological polar surface area (TPSA) is 64.4 Å². The number of thioether (sulfide) groups is 1. The predicted molar refractivity (Wildman–Crippen MR) is 86.3 cm³/mol. The third kappa shape index (κ3) is 3.25. The molecule has 0 bridgehead atoms. The maximum atomic E-state index is 12.7. The molecule has 0 spiro atoms. The molecule has 2 amide bonds. The summed E-state index contributed by atoms with van der Waals surface area (Å²) in [5.41, 5.74) is 0.895. The maximum absolute atomic E-state index is 12.7. The second-order valence-electron chi connectivity index (χ2n) is 5.53. The summed E-state index contributed by atoms with van der Waals surface area (Å²) in [5, 5.41) is 8.94. The van der Waals surface area contributed by atoms with Gasteiger partial charge in [-0.25, -0.2) is 0 Å². The molecular weight excluding hydrogens is 298 g/mol. The highest BCUT2D eigenvalue weighted by Gasteiger charge is 2.37. The summed E-state index contributed by atoms with van der Waals surface area (Å²) in [5.74, 6) is 0.875. The smallest absolute Gasteiger partial charge is 0.255 e. The van der Waals surface area contributed by atoms with Crippen LogP contribution in [0.5, 0.6) is 0 Å². The Hall–Kier alpha value is -2.00. The van der Waals surface area contributed by atoms with Crippen molar-refractivity contribution in [2.45, 2.75) is 25.9 Å². The minimum atomic E-state index is -0.435. The van der Waals surface area contributed by atoms with Crippen LogP contribution in [0.15, 0.2) is 24.3 Å². The number of nitriles is 1. The van der Waals surface area contributed by atoms with Gasteiger partial charge in [0.25, 0.3) is 5.91 Å². The van der Waals surface area contributed by atoms with Crippen LogP contribution in [0.1, 0.15) is 29.8 Å². The molecule has 0 saturated carbocycles. The van der Waals surface area contributed by atoms with E-state index in [0.29, 0.717) is 22.8 Å². The van der Waals surface area contributed by atoms with Crippen LogP contribution in [0.25, 0.3) is 0 Å². The van der Waals surface area contributed by atoms with Crippen LogP contribution >= 0.6 is 11.8 Å². The largest absolute Gasteiger partial charge is 0.342 e. The van der Waals surface area contributed by atoms with Gasteiger partial charge in [-0.05, 0) is 32.0 Å². The van der Waals surface area contributed by atoms with Crippen molar-refractivity contribution in [3.63, 3.8) is 0 Å². The van der Waals surface area contributed by atoms with Crippen molar-refractivity contribution in [3.8, 4) is 6.07 Å². The fourth-order valence-corrected chi connectivity index (χ4v) is 3.37. The Morgan fingerprint density at radius 1 is 1.45 bits per heavy atom. The van der Waals surface area contributed by atoms with E-state index < -0.39 is 6.04 Å². The second kappa shape index (κ2) is 6.84. The van der Waals surface area contributed by atoms with Crippen LogP contribution in [-0.2, 0) is 4.79 Å². The summed E-state index contributed by atoms with van der Waals surface area (Å²) in [4.78, 5) is 28.4. The minimum absolute atomic E-state index is 0.0372. The Labute approximate surface area is 134 Å². The maximum Gasteiger partial charge on any atom is 0.255 e. The molecule has 116 valence electrons. The van der Waals surface area contributed by atoms with E-state index in [1.54, 1.807) is 52.9 Å². The zero-order chi connectivity index (χ0) is 16.3. The van der Waals surface area contributed by atoms with Gasteiger partial charge in [-0.3, -0.25) is 9.59 Å². The van der Waals surface area contributed by atoms with Crippen molar-refractivity contribution < 1.29 is 9.59 Å². The van der Waals surface area contributed by atoms with Crippen LogP contribution in [-0.4, -0.2) is 52.4 Å². The number of nitrogens with zero attached hydrogens (tertiary/aromatic N) is 3. The van der Waals surface area contributed by atoms with Gasteiger partial charge < -0.3 is 9.80 Å². The van der Waals surface area contributed by atoms with Crippen LogP contribution in [0.3, 0.4) is 0 Å². The van der Waals surface area contributed by atoms with E-state index in [1.807, 2.05) is 19.9 Å². The summed E-state index contributed by atoms with van der Waals surface area (Å²) >= 11 is 1.57. The predicted octanol–water partition coefficient (Wildman–Crippen LogP) is 1.94. The lowest BCUT2D eigenvalue weighted by Crippen LogP contribution is -2.49. The molecule has 0 radical (unpaired) electrons. The molecule has 1 aliphatic heterocycles. The minimum Gasteiger partial charge on any atom is -0.342 e. The molecule has 5 nitrogen and oxygen atoms in total. The molecule has 0 aliphatic carbocycles. The third-order valence-electron chi connectivity index (χ3n) is 3.79. The standard InChI is InChI=1S/C16H19N3O2S/c1-11(2)18(3)16(21)14-9-22-10-19(14)15(20)13-6-4-5-12(7-13)8-17/h4-7,11,14H,9-10H2,1-3H3. The Bertz CT molecular complexity index is 624. The van der Waals surface area contributed by atoms with Gasteiger partial charge in [-0.15, -0.1) is 11.8 Å². The van der Waals surface area contributed by atoms with Crippen LogP contribution in [0.2, 0.25) is 0 Å². The SMILES string of the molecule is CC(C)N(C)C(=O)C1CSCN1C(=O)c1cccc(C#N)c1. The molecule has 0 aromatic heterocycles. The molecule has 1 saturated heterocycles. The highest BCUT2D eigenvalue weighted by molar-refractivity contribution is 7.99. The first-order valence-corrected chi connectivity index (χ1v) is 8.26. The Morgan fingerprint density at radius 3 is 2.82 bits per heavy atom. The number of carbonyl (C=O) groups is 2. The van der Waals surface area contributed by atoms with Gasteiger partial charge in [-0.2, -0.15) is 5.26 Å². The molecule has 1 aromatic carbocycles. The van der Waals surface area contributed by atoms with Gasteiger partial charge >= 0.3 is 0 Å². The molecule has 1 aliphatic rings. The van der Waals surface area contributed by atoms with Crippen LogP contribution < -0.4 is 0 Å². The van der Waals surface area contributed by atoms with E-state index in [0.717, 1.165) is 0 Å². The first kappa shape index (κ1) is 16.4. The van der Waals surface area contributed by atoms with E-state index in [4.69, 9.17) is 5.26 Å². The summed E-state index contributed by atoms with van der Waals surface area (Å²) in [6.45, 7) is 3.89. The van der Waals surface area contributed by atoms with Crippen molar-refractivity contribution >= 4 is 23.6 Å². The average Bonchev–Trinajstić information content (AvgIpc) is 3.02. The van der Waals surface area contributed by atoms with E-state index in [9.17, 15) is 9.59 Å². The zero-order valence-corrected chi connectivity index (χ0v) is 13.8. The number of benzene rings is 1. The Balaban J connectivity index is 2.21. The molecule has 1 fully saturated rings. The van der Waals surface area contributed by atoms with E-state index in [1.165, 1.54) is 0 Å². The quantitative estimate of drug-likeness (QED) is 0.854. The second-order valence-corrected chi connectivity index (χ2v) is 6.53. The van der Waals surface area contributed by atoms with Gasteiger partial charge in [0.1, 0.15) is 6.04 Å². The Kier molecular flexibility index (Phi) is 5.09. The number of carbonyl (C=O) groups excluding carboxylic acids is 2. The zero-order valence-electron chi connectivity index (χ0n) is 12.9. The van der Waals surface area contributed by atoms with Gasteiger partial charge in [0.2, 0.25) is 5.91 Å². The van der Waals surface area contributed by atoms with Crippen LogP contribution in [0, 0.1) is 11.3 Å². The highest BCUT2D eigenvalue weighted by Crippen LogP contribution is 2.25. The Morgan fingerprint density at radius 2 is 2.18 bits per heavy atom. The fraction of sp³-hybridized carbons (Fsp3) is 0.438. The van der Waals surface area contributed by atoms with Crippen LogP contribution in [0.4, 0.5) is 0 Å². The summed E-state index contributed by atoms with van der Waals surface area (Å²) in [7, 11) is 1.76. The van der Waals surface area contributed by atoms with E-state index in [-0.39, 0.29) is 17.9 Å². The van der Waals surface area contributed by atoms with Gasteiger partial charge in [0, 0.05) is 24.4 Å². The van der Waals surface area contributed by atoms with Gasteiger partial charge in [0.15, 0.2) is 0 Å². The average molecular weight is 317 g/mol. The van der Waals surface area contributed by atoms with Crippen molar-refractivity contribution in [1.29, 1.82) is 5.26 Å². The molecule has 1 unspecified atom stereocenters. The molecule has 22 heavy (non-hydrogen) atoms. The van der Waals surface area contributed by atoms with Crippen molar-refractivity contribution in [2.75, 3.05) is 18.7 Å². The fourth-order valence-electron chi connectivity index (χ4n) is 2.22. The number of amides is 2. The monoisotopic (exact) mass is 317 g/mol. The molecule has 1 heterocycles. The first-order chi connectivity index (χ1) is 10.5. The lowest BCUT2D eigenvalue weighted by molar-refractivity contribution is -0.135. The van der Waals surface area contributed by atoms with Gasteiger partial charge in [0.05, 0.1) is 17.5 Å². The van der Waals surface area contributed by atoms with Crippen molar-refractivity contribution in [1.82, 2.24) is 9.80 Å². The molecule has 1 atom stereocenters. The summed E-state index contributed by atoms with van der Waals surface area (Å²) in [6, 6.07) is 8.28. The molecule has 2 rings (SSSR count).